The summed E-state index contributed by atoms with van der Waals surface area (Å²) in [5.41, 5.74) is 3.61. The molecule has 0 saturated heterocycles. The predicted molar refractivity (Wildman–Crippen MR) is 120 cm³/mol. The molecule has 2 N–H and O–H groups in total. The Bertz CT molecular complexity index is 1060. The van der Waals surface area contributed by atoms with Crippen molar-refractivity contribution in [1.29, 1.82) is 0 Å². The number of benzene rings is 3. The molecular formula is C24H22ClN3O2. The van der Waals surface area contributed by atoms with Crippen molar-refractivity contribution in [2.24, 2.45) is 0 Å². The van der Waals surface area contributed by atoms with Crippen LogP contribution in [0.2, 0.25) is 5.02 Å². The third-order valence-corrected chi connectivity index (χ3v) is 5.36. The fourth-order valence-corrected chi connectivity index (χ4v) is 3.89. The van der Waals surface area contributed by atoms with Gasteiger partial charge in [0.1, 0.15) is 6.04 Å². The zero-order valence-electron chi connectivity index (χ0n) is 16.3. The van der Waals surface area contributed by atoms with Crippen molar-refractivity contribution in [2.75, 3.05) is 16.8 Å². The summed E-state index contributed by atoms with van der Waals surface area (Å²) in [6.45, 7) is 0.612. The quantitative estimate of drug-likeness (QED) is 0.631. The number of amides is 3. The Morgan fingerprint density at radius 2 is 1.73 bits per heavy atom. The van der Waals surface area contributed by atoms with Crippen LogP contribution in [0.4, 0.5) is 16.2 Å². The van der Waals surface area contributed by atoms with Crippen LogP contribution in [0.3, 0.4) is 0 Å². The Labute approximate surface area is 180 Å². The highest BCUT2D eigenvalue weighted by atomic mass is 35.5. The molecule has 3 amide bonds. The third kappa shape index (κ3) is 4.63. The fourth-order valence-electron chi connectivity index (χ4n) is 3.70. The summed E-state index contributed by atoms with van der Waals surface area (Å²) in [4.78, 5) is 27.8. The van der Waals surface area contributed by atoms with E-state index in [1.54, 1.807) is 29.2 Å². The van der Waals surface area contributed by atoms with E-state index in [1.165, 1.54) is 0 Å². The zero-order chi connectivity index (χ0) is 20.9. The Kier molecular flexibility index (Phi) is 6.00. The van der Waals surface area contributed by atoms with Gasteiger partial charge >= 0.3 is 6.03 Å². The molecule has 1 unspecified atom stereocenters. The summed E-state index contributed by atoms with van der Waals surface area (Å²) in [6.07, 6.45) is 1.22. The topological polar surface area (TPSA) is 61.4 Å². The maximum atomic E-state index is 13.4. The van der Waals surface area contributed by atoms with Gasteiger partial charge in [0, 0.05) is 29.4 Å². The molecular weight excluding hydrogens is 398 g/mol. The molecule has 1 heterocycles. The first-order valence-corrected chi connectivity index (χ1v) is 10.2. The molecule has 4 rings (SSSR count). The highest BCUT2D eigenvalue weighted by Crippen LogP contribution is 2.28. The molecule has 3 aromatic carbocycles. The normalized spacial score (nSPS) is 13.4. The van der Waals surface area contributed by atoms with Crippen molar-refractivity contribution in [2.45, 2.75) is 18.9 Å². The van der Waals surface area contributed by atoms with Gasteiger partial charge in [-0.1, -0.05) is 66.2 Å². The maximum absolute atomic E-state index is 13.4. The van der Waals surface area contributed by atoms with Crippen LogP contribution in [-0.4, -0.2) is 24.5 Å². The number of carbonyl (C=O) groups is 2. The van der Waals surface area contributed by atoms with Gasteiger partial charge in [-0.05, 0) is 41.8 Å². The standard InChI is InChI=1S/C24H22ClN3O2/c25-19-10-6-11-20(16-19)26-24(30)27-21(15-17-7-2-1-3-8-17)23(29)28-14-13-18-9-4-5-12-22(18)28/h1-12,16,21H,13-15H2,(H2,26,27,30). The first kappa shape index (κ1) is 20.0. The number of nitrogens with zero attached hydrogens (tertiary/aromatic N) is 1. The van der Waals surface area contributed by atoms with Crippen LogP contribution in [0, 0.1) is 0 Å². The molecule has 0 saturated carbocycles. The molecule has 0 spiro atoms. The lowest BCUT2D eigenvalue weighted by atomic mass is 10.0. The third-order valence-electron chi connectivity index (χ3n) is 5.12. The lowest BCUT2D eigenvalue weighted by Crippen LogP contribution is -2.50. The van der Waals surface area contributed by atoms with Gasteiger partial charge in [0.2, 0.25) is 5.91 Å². The Morgan fingerprint density at radius 1 is 0.967 bits per heavy atom. The van der Waals surface area contributed by atoms with E-state index >= 15 is 0 Å². The van der Waals surface area contributed by atoms with Gasteiger partial charge in [0.15, 0.2) is 0 Å². The average molecular weight is 420 g/mol. The summed E-state index contributed by atoms with van der Waals surface area (Å²) in [6, 6.07) is 23.3. The number of rotatable bonds is 5. The molecule has 0 aromatic heterocycles. The van der Waals surface area contributed by atoms with Gasteiger partial charge in [0.05, 0.1) is 0 Å². The van der Waals surface area contributed by atoms with Crippen LogP contribution in [0.25, 0.3) is 0 Å². The van der Waals surface area contributed by atoms with Crippen LogP contribution in [-0.2, 0) is 17.6 Å². The summed E-state index contributed by atoms with van der Waals surface area (Å²) >= 11 is 5.99. The minimum absolute atomic E-state index is 0.120. The first-order chi connectivity index (χ1) is 14.6. The highest BCUT2D eigenvalue weighted by molar-refractivity contribution is 6.30. The van der Waals surface area contributed by atoms with E-state index < -0.39 is 12.1 Å². The lowest BCUT2D eigenvalue weighted by Gasteiger charge is -2.25. The SMILES string of the molecule is O=C(Nc1cccc(Cl)c1)NC(Cc1ccccc1)C(=O)N1CCc2ccccc21. The molecule has 0 radical (unpaired) electrons. The van der Waals surface area contributed by atoms with Crippen molar-refractivity contribution in [1.82, 2.24) is 5.32 Å². The number of carbonyl (C=O) groups excluding carboxylic acids is 2. The number of hydrogen-bond donors (Lipinski definition) is 2. The van der Waals surface area contributed by atoms with Crippen molar-refractivity contribution in [3.8, 4) is 0 Å². The van der Waals surface area contributed by atoms with E-state index in [2.05, 4.69) is 10.6 Å². The number of urea groups is 1. The number of halogens is 1. The largest absolute Gasteiger partial charge is 0.326 e. The van der Waals surface area contributed by atoms with Gasteiger partial charge in [-0.25, -0.2) is 4.79 Å². The van der Waals surface area contributed by atoms with Gasteiger partial charge in [-0.3, -0.25) is 4.79 Å². The van der Waals surface area contributed by atoms with Crippen molar-refractivity contribution in [3.05, 3.63) is 95.0 Å². The first-order valence-electron chi connectivity index (χ1n) is 9.86. The van der Waals surface area contributed by atoms with Crippen LogP contribution in [0.1, 0.15) is 11.1 Å². The van der Waals surface area contributed by atoms with E-state index in [0.29, 0.717) is 23.7 Å². The van der Waals surface area contributed by atoms with Crippen LogP contribution in [0.15, 0.2) is 78.9 Å². The monoisotopic (exact) mass is 419 g/mol. The summed E-state index contributed by atoms with van der Waals surface area (Å²) < 4.78 is 0. The second-order valence-corrected chi connectivity index (χ2v) is 7.66. The van der Waals surface area contributed by atoms with E-state index in [0.717, 1.165) is 23.2 Å². The summed E-state index contributed by atoms with van der Waals surface area (Å²) in [5.74, 6) is -0.120. The maximum Gasteiger partial charge on any atom is 0.319 e. The predicted octanol–water partition coefficient (Wildman–Crippen LogP) is 4.66. The molecule has 1 atom stereocenters. The Hall–Kier alpha value is -3.31. The Morgan fingerprint density at radius 3 is 2.53 bits per heavy atom. The number of nitrogens with one attached hydrogen (secondary N) is 2. The van der Waals surface area contributed by atoms with Crippen molar-refractivity contribution < 1.29 is 9.59 Å². The molecule has 3 aromatic rings. The summed E-state index contributed by atoms with van der Waals surface area (Å²) in [5, 5.41) is 6.14. The number of anilines is 2. The van der Waals surface area contributed by atoms with E-state index in [1.807, 2.05) is 54.6 Å². The molecule has 0 bridgehead atoms. The lowest BCUT2D eigenvalue weighted by molar-refractivity contribution is -0.120. The molecule has 30 heavy (non-hydrogen) atoms. The van der Waals surface area contributed by atoms with Gasteiger partial charge in [0.25, 0.3) is 0 Å². The van der Waals surface area contributed by atoms with Crippen molar-refractivity contribution in [3.63, 3.8) is 0 Å². The minimum atomic E-state index is -0.697. The van der Waals surface area contributed by atoms with Gasteiger partial charge in [-0.15, -0.1) is 0 Å². The molecule has 6 heteroatoms. The molecule has 0 fully saturated rings. The van der Waals surface area contributed by atoms with Crippen LogP contribution < -0.4 is 15.5 Å². The number of fused-ring (bicyclic) bond motifs is 1. The number of hydrogen-bond acceptors (Lipinski definition) is 2. The molecule has 0 aliphatic carbocycles. The van der Waals surface area contributed by atoms with E-state index in [9.17, 15) is 9.59 Å². The molecule has 152 valence electrons. The Balaban J connectivity index is 1.53. The van der Waals surface area contributed by atoms with Crippen LogP contribution in [0.5, 0.6) is 0 Å². The zero-order valence-corrected chi connectivity index (χ0v) is 17.1. The van der Waals surface area contributed by atoms with Crippen LogP contribution >= 0.6 is 11.6 Å². The van der Waals surface area contributed by atoms with E-state index in [4.69, 9.17) is 11.6 Å². The molecule has 5 nitrogen and oxygen atoms in total. The van der Waals surface area contributed by atoms with Gasteiger partial charge < -0.3 is 15.5 Å². The van der Waals surface area contributed by atoms with E-state index in [-0.39, 0.29) is 5.91 Å². The minimum Gasteiger partial charge on any atom is -0.326 e. The fraction of sp³-hybridized carbons (Fsp3) is 0.167. The second kappa shape index (κ2) is 9.01. The highest BCUT2D eigenvalue weighted by Gasteiger charge is 2.31. The molecule has 1 aliphatic rings. The molecule has 1 aliphatic heterocycles. The van der Waals surface area contributed by atoms with Crippen molar-refractivity contribution >= 4 is 34.9 Å². The average Bonchev–Trinajstić information content (AvgIpc) is 3.18. The van der Waals surface area contributed by atoms with Gasteiger partial charge in [-0.2, -0.15) is 0 Å². The second-order valence-electron chi connectivity index (χ2n) is 7.22. The summed E-state index contributed by atoms with van der Waals surface area (Å²) in [7, 11) is 0. The smallest absolute Gasteiger partial charge is 0.319 e. The number of para-hydroxylation sites is 1.